The number of aryl methyl sites for hydroxylation is 1. The molecule has 0 radical (unpaired) electrons. The summed E-state index contributed by atoms with van der Waals surface area (Å²) in [5.41, 5.74) is 0.303. The van der Waals surface area contributed by atoms with Crippen LogP contribution in [-0.4, -0.2) is 34.9 Å². The molecule has 1 heterocycles. The number of hydrogen-bond donors (Lipinski definition) is 3. The second kappa shape index (κ2) is 10.7. The van der Waals surface area contributed by atoms with Gasteiger partial charge in [-0.2, -0.15) is 0 Å². The number of rotatable bonds is 8. The largest absolute Gasteiger partial charge is 0.478 e. The van der Waals surface area contributed by atoms with Gasteiger partial charge in [-0.1, -0.05) is 25.4 Å². The highest BCUT2D eigenvalue weighted by molar-refractivity contribution is 6.03. The van der Waals surface area contributed by atoms with E-state index in [-0.39, 0.29) is 40.2 Å². The molecule has 39 heavy (non-hydrogen) atoms. The van der Waals surface area contributed by atoms with Gasteiger partial charge < -0.3 is 19.8 Å². The Balaban J connectivity index is 1.60. The lowest BCUT2D eigenvalue weighted by Crippen LogP contribution is -2.42. The van der Waals surface area contributed by atoms with Crippen molar-refractivity contribution < 1.29 is 28.0 Å². The predicted molar refractivity (Wildman–Crippen MR) is 144 cm³/mol. The van der Waals surface area contributed by atoms with Gasteiger partial charge in [0, 0.05) is 29.8 Å². The molecular formula is C29H32F2N4O4. The molecule has 2 fully saturated rings. The monoisotopic (exact) mass is 538 g/mol. The summed E-state index contributed by atoms with van der Waals surface area (Å²) in [5.74, 6) is -0.610. The summed E-state index contributed by atoms with van der Waals surface area (Å²) < 4.78 is 35.1. The molecule has 2 aliphatic carbocycles. The van der Waals surface area contributed by atoms with Crippen molar-refractivity contribution in [2.75, 3.05) is 22.1 Å². The molecule has 0 saturated heterocycles. The number of amides is 2. The van der Waals surface area contributed by atoms with Gasteiger partial charge in [0.25, 0.3) is 0 Å². The van der Waals surface area contributed by atoms with Crippen molar-refractivity contribution in [2.45, 2.75) is 52.5 Å². The zero-order valence-corrected chi connectivity index (χ0v) is 22.1. The molecular weight excluding hydrogens is 506 g/mol. The minimum atomic E-state index is -1.31. The van der Waals surface area contributed by atoms with Gasteiger partial charge in [-0.3, -0.25) is 5.32 Å². The van der Waals surface area contributed by atoms with E-state index in [1.165, 1.54) is 18.6 Å². The van der Waals surface area contributed by atoms with Crippen LogP contribution < -0.4 is 15.5 Å². The Bertz CT molecular complexity index is 1410. The van der Waals surface area contributed by atoms with Crippen molar-refractivity contribution >= 4 is 29.2 Å². The average Bonchev–Trinajstić information content (AvgIpc) is 3.60. The number of carboxylic acids is 1. The van der Waals surface area contributed by atoms with Crippen molar-refractivity contribution in [3.63, 3.8) is 0 Å². The molecule has 2 bridgehead atoms. The van der Waals surface area contributed by atoms with Crippen LogP contribution in [0.3, 0.4) is 0 Å². The van der Waals surface area contributed by atoms with Crippen LogP contribution in [0.1, 0.15) is 55.6 Å². The molecule has 3 aromatic rings. The zero-order valence-electron chi connectivity index (χ0n) is 22.1. The quantitative estimate of drug-likeness (QED) is 0.287. The van der Waals surface area contributed by atoms with Crippen molar-refractivity contribution in [1.29, 1.82) is 0 Å². The lowest BCUT2D eigenvalue weighted by Gasteiger charge is -2.39. The molecule has 2 saturated carbocycles. The number of benzene rings is 2. The number of aromatic nitrogens is 1. The number of nitrogens with one attached hydrogen (secondary N) is 2. The van der Waals surface area contributed by atoms with Crippen LogP contribution in [0.2, 0.25) is 0 Å². The zero-order chi connectivity index (χ0) is 27.8. The summed E-state index contributed by atoms with van der Waals surface area (Å²) in [7, 11) is 0. The summed E-state index contributed by atoms with van der Waals surface area (Å²) in [5, 5.41) is 18.9. The Hall–Kier alpha value is -3.95. The number of carbonyl (C=O) groups is 2. The lowest BCUT2D eigenvalue weighted by molar-refractivity contribution is 0.0697. The summed E-state index contributed by atoms with van der Waals surface area (Å²) in [4.78, 5) is 27.1. The van der Waals surface area contributed by atoms with E-state index in [9.17, 15) is 19.1 Å². The SMILES string of the molecule is Cc1cc(NC(=O)Nc2cc(-c3cc(F)ccc3C(=O)O)c(F)cc2N(CC(C)C)[C@@H]2C[C@H]3CC[C@@H]2C3)no1. The number of carbonyl (C=O) groups excluding carboxylic acids is 1. The van der Waals surface area contributed by atoms with E-state index in [4.69, 9.17) is 4.52 Å². The van der Waals surface area contributed by atoms with Crippen LogP contribution in [0.25, 0.3) is 11.1 Å². The fourth-order valence-electron chi connectivity index (χ4n) is 6.13. The third-order valence-corrected chi connectivity index (χ3v) is 7.68. The average molecular weight is 539 g/mol. The van der Waals surface area contributed by atoms with Gasteiger partial charge in [-0.05, 0) is 74.3 Å². The van der Waals surface area contributed by atoms with Crippen molar-refractivity contribution in [2.24, 2.45) is 17.8 Å². The number of carboxylic acid groups (broad SMARTS) is 1. The van der Waals surface area contributed by atoms with E-state index in [1.807, 2.05) is 0 Å². The maximum Gasteiger partial charge on any atom is 0.336 e. The standard InChI is InChI=1S/C29H32F2N4O4/c1-15(2)14-35(25-10-17-4-5-18(25)9-17)26-13-23(31)22(21-11-19(30)6-7-20(21)28(36)37)12-24(26)32-29(38)33-27-8-16(3)39-34-27/h6-8,11-13,15,17-18,25H,4-5,9-10,14H2,1-3H3,(H,36,37)(H2,32,33,34,38)/t17-,18+,25+/m0/s1. The molecule has 5 rings (SSSR count). The molecule has 10 heteroatoms. The Morgan fingerprint density at radius 3 is 2.51 bits per heavy atom. The van der Waals surface area contributed by atoms with Gasteiger partial charge in [-0.25, -0.2) is 18.4 Å². The molecule has 3 atom stereocenters. The van der Waals surface area contributed by atoms with Crippen LogP contribution in [0.5, 0.6) is 0 Å². The number of fused-ring (bicyclic) bond motifs is 2. The molecule has 0 spiro atoms. The number of urea groups is 1. The maximum atomic E-state index is 15.9. The van der Waals surface area contributed by atoms with Crippen LogP contribution in [0.4, 0.5) is 30.8 Å². The van der Waals surface area contributed by atoms with Gasteiger partial charge >= 0.3 is 12.0 Å². The molecule has 206 valence electrons. The van der Waals surface area contributed by atoms with Crippen molar-refractivity contribution in [3.05, 3.63) is 59.4 Å². The molecule has 1 aromatic heterocycles. The minimum absolute atomic E-state index is 0.113. The summed E-state index contributed by atoms with van der Waals surface area (Å²) in [6.45, 7) is 6.51. The normalized spacial score (nSPS) is 19.9. The Kier molecular flexibility index (Phi) is 7.29. The highest BCUT2D eigenvalue weighted by Gasteiger charge is 2.43. The van der Waals surface area contributed by atoms with E-state index in [2.05, 4.69) is 34.5 Å². The van der Waals surface area contributed by atoms with E-state index in [1.54, 1.807) is 13.0 Å². The first kappa shape index (κ1) is 26.6. The van der Waals surface area contributed by atoms with Gasteiger partial charge in [-0.15, -0.1) is 0 Å². The predicted octanol–water partition coefficient (Wildman–Crippen LogP) is 6.92. The van der Waals surface area contributed by atoms with Crippen LogP contribution in [0.15, 0.2) is 40.9 Å². The van der Waals surface area contributed by atoms with Gasteiger partial charge in [0.1, 0.15) is 17.4 Å². The van der Waals surface area contributed by atoms with E-state index >= 15 is 4.39 Å². The number of halogens is 2. The summed E-state index contributed by atoms with van der Waals surface area (Å²) >= 11 is 0. The molecule has 8 nitrogen and oxygen atoms in total. The van der Waals surface area contributed by atoms with E-state index in [0.717, 1.165) is 37.5 Å². The number of aromatic carboxylic acids is 1. The molecule has 2 amide bonds. The first-order valence-corrected chi connectivity index (χ1v) is 13.2. The fraction of sp³-hybridized carbons (Fsp3) is 0.414. The van der Waals surface area contributed by atoms with E-state index < -0.39 is 23.6 Å². The van der Waals surface area contributed by atoms with E-state index in [0.29, 0.717) is 29.8 Å². The maximum absolute atomic E-state index is 15.9. The number of nitrogens with zero attached hydrogens (tertiary/aromatic N) is 2. The second-order valence-corrected chi connectivity index (χ2v) is 11.0. The van der Waals surface area contributed by atoms with Crippen LogP contribution in [-0.2, 0) is 0 Å². The van der Waals surface area contributed by atoms with Crippen LogP contribution >= 0.6 is 0 Å². The number of anilines is 3. The topological polar surface area (TPSA) is 108 Å². The first-order chi connectivity index (χ1) is 18.6. The molecule has 2 aliphatic rings. The fourth-order valence-corrected chi connectivity index (χ4v) is 6.13. The molecule has 3 N–H and O–H groups in total. The Morgan fingerprint density at radius 1 is 1.10 bits per heavy atom. The molecule has 2 aromatic carbocycles. The highest BCUT2D eigenvalue weighted by Crippen LogP contribution is 2.49. The number of hydrogen-bond acceptors (Lipinski definition) is 5. The smallest absolute Gasteiger partial charge is 0.336 e. The van der Waals surface area contributed by atoms with Crippen LogP contribution in [0, 0.1) is 36.3 Å². The van der Waals surface area contributed by atoms with Gasteiger partial charge in [0.15, 0.2) is 5.82 Å². The second-order valence-electron chi connectivity index (χ2n) is 11.0. The summed E-state index contributed by atoms with van der Waals surface area (Å²) in [6, 6.07) is 6.96. The molecule has 0 aliphatic heterocycles. The Morgan fingerprint density at radius 2 is 1.90 bits per heavy atom. The van der Waals surface area contributed by atoms with Crippen molar-refractivity contribution in [1.82, 2.24) is 5.16 Å². The minimum Gasteiger partial charge on any atom is -0.478 e. The third kappa shape index (κ3) is 5.60. The third-order valence-electron chi connectivity index (χ3n) is 7.68. The van der Waals surface area contributed by atoms with Gasteiger partial charge in [0.2, 0.25) is 0 Å². The molecule has 0 unspecified atom stereocenters. The first-order valence-electron chi connectivity index (χ1n) is 13.2. The summed E-state index contributed by atoms with van der Waals surface area (Å²) in [6.07, 6.45) is 4.45. The Labute approximate surface area is 225 Å². The van der Waals surface area contributed by atoms with Gasteiger partial charge in [0.05, 0.1) is 16.9 Å². The van der Waals surface area contributed by atoms with Crippen molar-refractivity contribution in [3.8, 4) is 11.1 Å². The lowest BCUT2D eigenvalue weighted by atomic mass is 9.92. The highest BCUT2D eigenvalue weighted by atomic mass is 19.1.